The number of rotatable bonds is 5. The van der Waals surface area contributed by atoms with Gasteiger partial charge in [-0.1, -0.05) is 38.5 Å². The maximum absolute atomic E-state index is 9.55. The quantitative estimate of drug-likeness (QED) is 0.805. The van der Waals surface area contributed by atoms with Gasteiger partial charge in [-0.2, -0.15) is 0 Å². The van der Waals surface area contributed by atoms with Crippen molar-refractivity contribution in [2.45, 2.75) is 33.3 Å². The van der Waals surface area contributed by atoms with Crippen LogP contribution in [0.25, 0.3) is 0 Å². The molecule has 1 rings (SSSR count). The summed E-state index contributed by atoms with van der Waals surface area (Å²) < 4.78 is 5.69. The molecule has 0 aliphatic heterocycles. The zero-order valence-electron chi connectivity index (χ0n) is 9.73. The second-order valence-electron chi connectivity index (χ2n) is 4.04. The molecule has 0 aliphatic carbocycles. The normalized spacial score (nSPS) is 14.7. The van der Waals surface area contributed by atoms with E-state index in [4.69, 9.17) is 4.74 Å². The number of benzene rings is 1. The van der Waals surface area contributed by atoms with E-state index in [9.17, 15) is 5.11 Å². The van der Waals surface area contributed by atoms with Gasteiger partial charge in [0.05, 0.1) is 12.7 Å². The Hall–Kier alpha value is -1.02. The van der Waals surface area contributed by atoms with Gasteiger partial charge in [-0.3, -0.25) is 0 Å². The highest BCUT2D eigenvalue weighted by Gasteiger charge is 2.08. The third-order valence-electron chi connectivity index (χ3n) is 2.59. The Balaban J connectivity index is 2.67. The molecule has 1 unspecified atom stereocenters. The van der Waals surface area contributed by atoms with Crippen LogP contribution in [0.4, 0.5) is 0 Å². The fourth-order valence-electron chi connectivity index (χ4n) is 1.31. The van der Waals surface area contributed by atoms with Gasteiger partial charge in [0.25, 0.3) is 0 Å². The standard InChI is InChI=1S/C13H20O2/c1-4-10(2)9-15-13-8-6-5-7-12(13)11(3)14/h5-8,10-11,14H,4,9H2,1-3H3/t10?,11-/m0/s1. The maximum atomic E-state index is 9.55. The van der Waals surface area contributed by atoms with Crippen molar-refractivity contribution in [1.29, 1.82) is 0 Å². The van der Waals surface area contributed by atoms with Crippen LogP contribution in [-0.4, -0.2) is 11.7 Å². The lowest BCUT2D eigenvalue weighted by atomic mass is 10.1. The van der Waals surface area contributed by atoms with Crippen LogP contribution in [0, 0.1) is 5.92 Å². The highest BCUT2D eigenvalue weighted by atomic mass is 16.5. The van der Waals surface area contributed by atoms with Crippen LogP contribution in [0.5, 0.6) is 5.75 Å². The van der Waals surface area contributed by atoms with Crippen molar-refractivity contribution < 1.29 is 9.84 Å². The van der Waals surface area contributed by atoms with Crippen molar-refractivity contribution >= 4 is 0 Å². The Bertz CT molecular complexity index is 294. The molecule has 0 saturated carbocycles. The van der Waals surface area contributed by atoms with Gasteiger partial charge >= 0.3 is 0 Å². The zero-order valence-corrected chi connectivity index (χ0v) is 9.73. The minimum Gasteiger partial charge on any atom is -0.493 e. The molecule has 0 spiro atoms. The predicted molar refractivity (Wildman–Crippen MR) is 62.0 cm³/mol. The first kappa shape index (κ1) is 12.1. The third kappa shape index (κ3) is 3.56. The fraction of sp³-hybridized carbons (Fsp3) is 0.538. The van der Waals surface area contributed by atoms with E-state index < -0.39 is 6.10 Å². The third-order valence-corrected chi connectivity index (χ3v) is 2.59. The van der Waals surface area contributed by atoms with Gasteiger partial charge in [-0.05, 0) is 18.9 Å². The lowest BCUT2D eigenvalue weighted by molar-refractivity contribution is 0.186. The topological polar surface area (TPSA) is 29.5 Å². The Morgan fingerprint density at radius 1 is 1.27 bits per heavy atom. The summed E-state index contributed by atoms with van der Waals surface area (Å²) in [5.74, 6) is 1.35. The van der Waals surface area contributed by atoms with Crippen molar-refractivity contribution in [1.82, 2.24) is 0 Å². The lowest BCUT2D eigenvalue weighted by Crippen LogP contribution is -2.09. The molecule has 0 saturated heterocycles. The number of aliphatic hydroxyl groups excluding tert-OH is 1. The summed E-state index contributed by atoms with van der Waals surface area (Å²) in [7, 11) is 0. The molecule has 2 nitrogen and oxygen atoms in total. The summed E-state index contributed by atoms with van der Waals surface area (Å²) in [6.07, 6.45) is 0.634. The second kappa shape index (κ2) is 5.76. The van der Waals surface area contributed by atoms with E-state index in [2.05, 4.69) is 13.8 Å². The molecule has 0 radical (unpaired) electrons. The SMILES string of the molecule is CCC(C)COc1ccccc1[C@H](C)O. The average Bonchev–Trinajstić information content (AvgIpc) is 2.26. The van der Waals surface area contributed by atoms with E-state index in [0.29, 0.717) is 12.5 Å². The summed E-state index contributed by atoms with van der Waals surface area (Å²) >= 11 is 0. The monoisotopic (exact) mass is 208 g/mol. The minimum absolute atomic E-state index is 0.474. The molecule has 2 atom stereocenters. The smallest absolute Gasteiger partial charge is 0.125 e. The van der Waals surface area contributed by atoms with Gasteiger partial charge in [0.1, 0.15) is 5.75 Å². The Morgan fingerprint density at radius 2 is 1.93 bits per heavy atom. The van der Waals surface area contributed by atoms with E-state index in [1.807, 2.05) is 24.3 Å². The maximum Gasteiger partial charge on any atom is 0.125 e. The highest BCUT2D eigenvalue weighted by molar-refractivity contribution is 5.34. The highest BCUT2D eigenvalue weighted by Crippen LogP contribution is 2.24. The van der Waals surface area contributed by atoms with Crippen molar-refractivity contribution in [2.75, 3.05) is 6.61 Å². The van der Waals surface area contributed by atoms with E-state index in [0.717, 1.165) is 17.7 Å². The molecular formula is C13H20O2. The lowest BCUT2D eigenvalue weighted by Gasteiger charge is -2.15. The van der Waals surface area contributed by atoms with Gasteiger partial charge in [0.15, 0.2) is 0 Å². The van der Waals surface area contributed by atoms with Gasteiger partial charge in [0.2, 0.25) is 0 Å². The van der Waals surface area contributed by atoms with Crippen LogP contribution in [0.2, 0.25) is 0 Å². The summed E-state index contributed by atoms with van der Waals surface area (Å²) in [5.41, 5.74) is 0.862. The first-order chi connectivity index (χ1) is 7.15. The van der Waals surface area contributed by atoms with Gasteiger partial charge in [0, 0.05) is 5.56 Å². The Kier molecular flexibility index (Phi) is 4.63. The van der Waals surface area contributed by atoms with Crippen molar-refractivity contribution in [2.24, 2.45) is 5.92 Å². The summed E-state index contributed by atoms with van der Waals surface area (Å²) in [6, 6.07) is 7.65. The predicted octanol–water partition coefficient (Wildman–Crippen LogP) is 3.16. The van der Waals surface area contributed by atoms with E-state index >= 15 is 0 Å². The van der Waals surface area contributed by atoms with Crippen LogP contribution in [-0.2, 0) is 0 Å². The largest absolute Gasteiger partial charge is 0.493 e. The average molecular weight is 208 g/mol. The first-order valence-electron chi connectivity index (χ1n) is 5.55. The van der Waals surface area contributed by atoms with Crippen LogP contribution in [0.3, 0.4) is 0 Å². The van der Waals surface area contributed by atoms with Crippen LogP contribution < -0.4 is 4.74 Å². The number of hydrogen-bond acceptors (Lipinski definition) is 2. The van der Waals surface area contributed by atoms with Crippen LogP contribution in [0.15, 0.2) is 24.3 Å². The molecule has 0 fully saturated rings. The van der Waals surface area contributed by atoms with E-state index in [1.165, 1.54) is 0 Å². The first-order valence-corrected chi connectivity index (χ1v) is 5.55. The number of ether oxygens (including phenoxy) is 1. The van der Waals surface area contributed by atoms with E-state index in [-0.39, 0.29) is 0 Å². The number of aliphatic hydroxyl groups is 1. The molecule has 0 bridgehead atoms. The van der Waals surface area contributed by atoms with Crippen molar-refractivity contribution in [3.8, 4) is 5.75 Å². The summed E-state index contributed by atoms with van der Waals surface area (Å²) in [5, 5.41) is 9.55. The molecule has 1 aromatic carbocycles. The molecule has 1 N–H and O–H groups in total. The molecule has 0 heterocycles. The Morgan fingerprint density at radius 3 is 2.53 bits per heavy atom. The second-order valence-corrected chi connectivity index (χ2v) is 4.04. The van der Waals surface area contributed by atoms with Gasteiger partial charge in [-0.15, -0.1) is 0 Å². The molecule has 15 heavy (non-hydrogen) atoms. The van der Waals surface area contributed by atoms with Crippen LogP contribution in [0.1, 0.15) is 38.9 Å². The molecule has 1 aromatic rings. The molecule has 0 amide bonds. The van der Waals surface area contributed by atoms with Crippen molar-refractivity contribution in [3.63, 3.8) is 0 Å². The molecular weight excluding hydrogens is 188 g/mol. The Labute approximate surface area is 91.9 Å². The number of para-hydroxylation sites is 1. The number of hydrogen-bond donors (Lipinski definition) is 1. The van der Waals surface area contributed by atoms with Gasteiger partial charge in [-0.25, -0.2) is 0 Å². The molecule has 2 heteroatoms. The van der Waals surface area contributed by atoms with Crippen molar-refractivity contribution in [3.05, 3.63) is 29.8 Å². The van der Waals surface area contributed by atoms with Crippen LogP contribution >= 0.6 is 0 Å². The van der Waals surface area contributed by atoms with Gasteiger partial charge < -0.3 is 9.84 Å². The molecule has 0 aromatic heterocycles. The molecule has 0 aliphatic rings. The minimum atomic E-state index is -0.474. The molecule has 84 valence electrons. The summed E-state index contributed by atoms with van der Waals surface area (Å²) in [6.45, 7) is 6.77. The summed E-state index contributed by atoms with van der Waals surface area (Å²) in [4.78, 5) is 0. The van der Waals surface area contributed by atoms with E-state index in [1.54, 1.807) is 6.92 Å². The fourth-order valence-corrected chi connectivity index (χ4v) is 1.31. The zero-order chi connectivity index (χ0) is 11.3.